The smallest absolute Gasteiger partial charge is 0.253 e. The van der Waals surface area contributed by atoms with E-state index in [-0.39, 0.29) is 17.3 Å². The number of benzene rings is 2. The molecule has 0 aromatic heterocycles. The Morgan fingerprint density at radius 2 is 1.87 bits per heavy atom. The molecule has 2 aromatic carbocycles. The molecule has 1 unspecified atom stereocenters. The van der Waals surface area contributed by atoms with E-state index in [0.717, 1.165) is 54.8 Å². The van der Waals surface area contributed by atoms with Crippen LogP contribution in [0, 0.1) is 0 Å². The average Bonchev–Trinajstić information content (AvgIpc) is 3.00. The van der Waals surface area contributed by atoms with E-state index in [0.29, 0.717) is 18.7 Å². The molecule has 1 saturated heterocycles. The predicted octanol–water partition coefficient (Wildman–Crippen LogP) is 4.21. The van der Waals surface area contributed by atoms with Gasteiger partial charge >= 0.3 is 0 Å². The minimum absolute atomic E-state index is 0.0527. The molecule has 158 valence electrons. The van der Waals surface area contributed by atoms with E-state index in [1.807, 2.05) is 49.1 Å². The molecule has 1 fully saturated rings. The monoisotopic (exact) mass is 406 g/mol. The van der Waals surface area contributed by atoms with Crippen LogP contribution in [-0.2, 0) is 0 Å². The van der Waals surface area contributed by atoms with Gasteiger partial charge in [-0.05, 0) is 87.3 Å². The summed E-state index contributed by atoms with van der Waals surface area (Å²) >= 11 is 0. The van der Waals surface area contributed by atoms with Crippen LogP contribution in [0.1, 0.15) is 54.6 Å². The number of amides is 1. The summed E-state index contributed by atoms with van der Waals surface area (Å²) in [6, 6.07) is 13.1. The number of rotatable bonds is 4. The highest BCUT2D eigenvalue weighted by molar-refractivity contribution is 5.95. The molecule has 30 heavy (non-hydrogen) atoms. The molecule has 0 radical (unpaired) electrons. The number of carbonyl (C=O) groups excluding carboxylic acids is 1. The van der Waals surface area contributed by atoms with Crippen molar-refractivity contribution in [1.29, 1.82) is 0 Å². The van der Waals surface area contributed by atoms with Crippen molar-refractivity contribution in [3.63, 3.8) is 0 Å². The Balaban J connectivity index is 1.74. The molecular weight excluding hydrogens is 376 g/mol. The highest BCUT2D eigenvalue weighted by Gasteiger charge is 2.36. The summed E-state index contributed by atoms with van der Waals surface area (Å²) < 4.78 is 6.48. The second kappa shape index (κ2) is 8.52. The summed E-state index contributed by atoms with van der Waals surface area (Å²) in [6.07, 6.45) is 5.12. The minimum Gasteiger partial charge on any atom is -0.508 e. The number of carbonyl (C=O) groups is 1. The van der Waals surface area contributed by atoms with Crippen LogP contribution < -0.4 is 10.1 Å². The fraction of sp³-hybridized carbons (Fsp3) is 0.400. The van der Waals surface area contributed by atoms with Crippen LogP contribution in [0.2, 0.25) is 0 Å². The number of ether oxygens (including phenoxy) is 1. The van der Waals surface area contributed by atoms with Crippen molar-refractivity contribution >= 4 is 11.5 Å². The lowest BCUT2D eigenvalue weighted by Crippen LogP contribution is -2.37. The Kier molecular flexibility index (Phi) is 5.82. The van der Waals surface area contributed by atoms with E-state index < -0.39 is 0 Å². The second-order valence-electron chi connectivity index (χ2n) is 8.06. The van der Waals surface area contributed by atoms with Crippen molar-refractivity contribution < 1.29 is 14.6 Å². The Labute approximate surface area is 178 Å². The van der Waals surface area contributed by atoms with Crippen LogP contribution in [0.25, 0.3) is 5.57 Å². The van der Waals surface area contributed by atoms with Gasteiger partial charge in [0, 0.05) is 30.6 Å². The molecule has 1 atom stereocenters. The summed E-state index contributed by atoms with van der Waals surface area (Å²) in [5, 5.41) is 13.5. The third kappa shape index (κ3) is 3.94. The van der Waals surface area contributed by atoms with Crippen LogP contribution in [0.3, 0.4) is 0 Å². The summed E-state index contributed by atoms with van der Waals surface area (Å²) in [7, 11) is 0. The van der Waals surface area contributed by atoms with Gasteiger partial charge in [0.15, 0.2) is 0 Å². The lowest BCUT2D eigenvalue weighted by molar-refractivity contribution is 0.0773. The molecule has 0 saturated carbocycles. The first kappa shape index (κ1) is 20.5. The van der Waals surface area contributed by atoms with Crippen molar-refractivity contribution in [3.8, 4) is 11.5 Å². The molecule has 4 rings (SSSR count). The van der Waals surface area contributed by atoms with E-state index in [1.54, 1.807) is 12.1 Å². The van der Waals surface area contributed by atoms with Crippen molar-refractivity contribution in [2.24, 2.45) is 0 Å². The number of phenols is 1. The molecule has 2 aromatic rings. The van der Waals surface area contributed by atoms with Gasteiger partial charge in [-0.25, -0.2) is 0 Å². The Bertz CT molecular complexity index is 937. The van der Waals surface area contributed by atoms with Gasteiger partial charge in [-0.15, -0.1) is 0 Å². The van der Waals surface area contributed by atoms with Crippen molar-refractivity contribution in [2.45, 2.75) is 38.7 Å². The van der Waals surface area contributed by atoms with Gasteiger partial charge in [0.05, 0.1) is 0 Å². The number of fused-ring (bicyclic) bond motifs is 1. The van der Waals surface area contributed by atoms with E-state index in [1.165, 1.54) is 0 Å². The lowest BCUT2D eigenvalue weighted by atomic mass is 9.84. The fourth-order valence-electron chi connectivity index (χ4n) is 4.44. The molecule has 0 aliphatic carbocycles. The number of nitrogens with zero attached hydrogens (tertiary/aromatic N) is 1. The van der Waals surface area contributed by atoms with Crippen molar-refractivity contribution in [3.05, 3.63) is 65.2 Å². The first-order valence-corrected chi connectivity index (χ1v) is 10.9. The Hall–Kier alpha value is -2.79. The SMILES string of the molecule is CCN(CC)C(=O)c1ccc(C2=CC3(CCCNCC3)Oc3ccc(O)cc32)cc1. The quantitative estimate of drug-likeness (QED) is 0.798. The third-order valence-electron chi connectivity index (χ3n) is 6.15. The highest BCUT2D eigenvalue weighted by atomic mass is 16.5. The van der Waals surface area contributed by atoms with E-state index in [2.05, 4.69) is 11.4 Å². The molecule has 2 aliphatic heterocycles. The van der Waals surface area contributed by atoms with E-state index in [9.17, 15) is 9.90 Å². The Morgan fingerprint density at radius 1 is 1.10 bits per heavy atom. The third-order valence-corrected chi connectivity index (χ3v) is 6.15. The molecule has 5 heteroatoms. The van der Waals surface area contributed by atoms with Gasteiger partial charge in [0.2, 0.25) is 0 Å². The zero-order valence-corrected chi connectivity index (χ0v) is 17.8. The first-order chi connectivity index (χ1) is 14.5. The zero-order valence-electron chi connectivity index (χ0n) is 17.8. The number of hydrogen-bond donors (Lipinski definition) is 2. The number of hydrogen-bond acceptors (Lipinski definition) is 4. The minimum atomic E-state index is -0.349. The average molecular weight is 407 g/mol. The maximum atomic E-state index is 12.7. The van der Waals surface area contributed by atoms with Crippen molar-refractivity contribution in [1.82, 2.24) is 10.2 Å². The molecule has 5 nitrogen and oxygen atoms in total. The van der Waals surface area contributed by atoms with E-state index >= 15 is 0 Å². The summed E-state index contributed by atoms with van der Waals surface area (Å²) in [4.78, 5) is 14.5. The van der Waals surface area contributed by atoms with Crippen LogP contribution >= 0.6 is 0 Å². The Morgan fingerprint density at radius 3 is 2.60 bits per heavy atom. The first-order valence-electron chi connectivity index (χ1n) is 10.9. The van der Waals surface area contributed by atoms with Crippen molar-refractivity contribution in [2.75, 3.05) is 26.2 Å². The molecule has 2 N–H and O–H groups in total. The van der Waals surface area contributed by atoms with Crippen LogP contribution in [0.15, 0.2) is 48.5 Å². The molecular formula is C25H30N2O3. The van der Waals surface area contributed by atoms with Gasteiger partial charge in [0.25, 0.3) is 5.91 Å². The highest BCUT2D eigenvalue weighted by Crippen LogP contribution is 2.44. The van der Waals surface area contributed by atoms with Crippen LogP contribution in [0.4, 0.5) is 0 Å². The van der Waals surface area contributed by atoms with Gasteiger partial charge in [-0.3, -0.25) is 4.79 Å². The molecule has 2 heterocycles. The van der Waals surface area contributed by atoms with Crippen LogP contribution in [0.5, 0.6) is 11.5 Å². The summed E-state index contributed by atoms with van der Waals surface area (Å²) in [6.45, 7) is 7.29. The molecule has 1 spiro atoms. The summed E-state index contributed by atoms with van der Waals surface area (Å²) in [5.41, 5.74) is 3.31. The van der Waals surface area contributed by atoms with Gasteiger partial charge in [-0.1, -0.05) is 12.1 Å². The molecule has 0 bridgehead atoms. The maximum absolute atomic E-state index is 12.7. The van der Waals surface area contributed by atoms with Crippen LogP contribution in [-0.4, -0.2) is 47.7 Å². The maximum Gasteiger partial charge on any atom is 0.253 e. The fourth-order valence-corrected chi connectivity index (χ4v) is 4.44. The number of phenolic OH excluding ortho intramolecular Hbond substituents is 1. The van der Waals surface area contributed by atoms with Gasteiger partial charge < -0.3 is 20.1 Å². The lowest BCUT2D eigenvalue weighted by Gasteiger charge is -2.36. The molecule has 1 amide bonds. The largest absolute Gasteiger partial charge is 0.508 e. The summed E-state index contributed by atoms with van der Waals surface area (Å²) in [5.74, 6) is 1.07. The number of aromatic hydroxyl groups is 1. The molecule has 2 aliphatic rings. The number of nitrogens with one attached hydrogen (secondary N) is 1. The predicted molar refractivity (Wildman–Crippen MR) is 119 cm³/mol. The zero-order chi connectivity index (χ0) is 21.1. The second-order valence-corrected chi connectivity index (χ2v) is 8.06. The normalized spacial score (nSPS) is 20.7. The topological polar surface area (TPSA) is 61.8 Å². The van der Waals surface area contributed by atoms with Gasteiger partial charge in [-0.2, -0.15) is 0 Å². The standard InChI is InChI=1S/C25H30N2O3/c1-3-27(4-2)24(29)19-8-6-18(7-9-19)22-17-25(12-5-14-26-15-13-25)30-23-11-10-20(28)16-21(22)23/h6-11,16-17,26,28H,3-5,12-15H2,1-2H3. The van der Waals surface area contributed by atoms with Gasteiger partial charge in [0.1, 0.15) is 17.1 Å². The van der Waals surface area contributed by atoms with E-state index in [4.69, 9.17) is 4.74 Å².